The minimum absolute atomic E-state index is 0.0347. The molecule has 0 radical (unpaired) electrons. The Bertz CT molecular complexity index is 104. The molecular formula is C7H15NO2. The number of carbonyl (C=O) groups excluding carboxylic acids is 1. The molecule has 0 saturated heterocycles. The van der Waals surface area contributed by atoms with Gasteiger partial charge in [-0.25, -0.2) is 0 Å². The maximum Gasteiger partial charge on any atom is 0.139 e. The van der Waals surface area contributed by atoms with Gasteiger partial charge in [0.05, 0.1) is 12.1 Å². The van der Waals surface area contributed by atoms with E-state index in [1.54, 1.807) is 7.11 Å². The van der Waals surface area contributed by atoms with E-state index in [4.69, 9.17) is 4.74 Å². The summed E-state index contributed by atoms with van der Waals surface area (Å²) < 4.78 is 4.99. The summed E-state index contributed by atoms with van der Waals surface area (Å²) in [5.74, 6) is 0. The van der Waals surface area contributed by atoms with Crippen molar-refractivity contribution in [1.82, 2.24) is 4.90 Å². The maximum atomic E-state index is 10.4. The second-order valence-corrected chi connectivity index (χ2v) is 2.53. The average molecular weight is 145 g/mol. The van der Waals surface area contributed by atoms with Crippen LogP contribution in [0.5, 0.6) is 0 Å². The zero-order valence-electron chi connectivity index (χ0n) is 7.00. The molecule has 0 spiro atoms. The minimum Gasteiger partial charge on any atom is -0.380 e. The fraction of sp³-hybridized carbons (Fsp3) is 0.857. The number of aldehydes is 1. The molecule has 0 rings (SSSR count). The quantitative estimate of drug-likeness (QED) is 0.527. The van der Waals surface area contributed by atoms with Crippen molar-refractivity contribution >= 4 is 6.29 Å². The highest BCUT2D eigenvalue weighted by molar-refractivity contribution is 5.58. The summed E-state index contributed by atoms with van der Waals surface area (Å²) in [7, 11) is 5.31. The molecule has 3 nitrogen and oxygen atoms in total. The number of likely N-dealkylation sites (N-methyl/N-ethyl adjacent to an activating group) is 1. The Morgan fingerprint density at radius 2 is 2.00 bits per heavy atom. The minimum atomic E-state index is -0.134. The number of hydrogen-bond donors (Lipinski definition) is 0. The number of rotatable bonds is 4. The Labute approximate surface area is 62.0 Å². The Morgan fingerprint density at radius 3 is 2.10 bits per heavy atom. The van der Waals surface area contributed by atoms with Gasteiger partial charge in [0, 0.05) is 7.11 Å². The highest BCUT2D eigenvalue weighted by atomic mass is 16.5. The van der Waals surface area contributed by atoms with Crippen molar-refractivity contribution in [2.75, 3.05) is 21.2 Å². The summed E-state index contributed by atoms with van der Waals surface area (Å²) in [5, 5.41) is 0. The van der Waals surface area contributed by atoms with Gasteiger partial charge >= 0.3 is 0 Å². The third kappa shape index (κ3) is 2.45. The maximum absolute atomic E-state index is 10.4. The van der Waals surface area contributed by atoms with Crippen LogP contribution in [0.2, 0.25) is 0 Å². The van der Waals surface area contributed by atoms with E-state index in [9.17, 15) is 4.79 Å². The lowest BCUT2D eigenvalue weighted by atomic mass is 10.2. The number of hydrogen-bond acceptors (Lipinski definition) is 3. The normalized spacial score (nSPS) is 16.9. The van der Waals surface area contributed by atoms with Crippen LogP contribution >= 0.6 is 0 Å². The monoisotopic (exact) mass is 145 g/mol. The second kappa shape index (κ2) is 4.41. The first kappa shape index (κ1) is 9.59. The van der Waals surface area contributed by atoms with Gasteiger partial charge in [0.15, 0.2) is 0 Å². The van der Waals surface area contributed by atoms with Gasteiger partial charge in [-0.05, 0) is 21.0 Å². The largest absolute Gasteiger partial charge is 0.380 e. The number of nitrogens with zero attached hydrogens (tertiary/aromatic N) is 1. The Hall–Kier alpha value is -0.410. The highest BCUT2D eigenvalue weighted by Crippen LogP contribution is 1.99. The van der Waals surface area contributed by atoms with Crippen LogP contribution < -0.4 is 0 Å². The van der Waals surface area contributed by atoms with Crippen molar-refractivity contribution in [2.45, 2.75) is 19.1 Å². The molecule has 60 valence electrons. The van der Waals surface area contributed by atoms with E-state index in [-0.39, 0.29) is 12.1 Å². The van der Waals surface area contributed by atoms with Crippen LogP contribution in [-0.4, -0.2) is 44.5 Å². The van der Waals surface area contributed by atoms with E-state index in [1.165, 1.54) is 0 Å². The van der Waals surface area contributed by atoms with Crippen molar-refractivity contribution in [3.8, 4) is 0 Å². The molecule has 0 bridgehead atoms. The zero-order valence-corrected chi connectivity index (χ0v) is 7.00. The van der Waals surface area contributed by atoms with Crippen LogP contribution in [0.4, 0.5) is 0 Å². The van der Waals surface area contributed by atoms with E-state index >= 15 is 0 Å². The predicted octanol–water partition coefficient (Wildman–Crippen LogP) is 0.150. The molecule has 0 unspecified atom stereocenters. The van der Waals surface area contributed by atoms with Gasteiger partial charge in [0.2, 0.25) is 0 Å². The van der Waals surface area contributed by atoms with Gasteiger partial charge in [-0.3, -0.25) is 4.90 Å². The van der Waals surface area contributed by atoms with Crippen molar-refractivity contribution in [3.63, 3.8) is 0 Å². The lowest BCUT2D eigenvalue weighted by molar-refractivity contribution is -0.115. The third-order valence-electron chi connectivity index (χ3n) is 1.59. The van der Waals surface area contributed by atoms with E-state index < -0.39 is 0 Å². The first-order chi connectivity index (χ1) is 4.63. The lowest BCUT2D eigenvalue weighted by Gasteiger charge is -2.23. The number of methoxy groups -OCH3 is 1. The molecule has 0 aromatic carbocycles. The first-order valence-electron chi connectivity index (χ1n) is 3.28. The average Bonchev–Trinajstić information content (AvgIpc) is 1.88. The van der Waals surface area contributed by atoms with Gasteiger partial charge in [-0.2, -0.15) is 0 Å². The summed E-state index contributed by atoms with van der Waals surface area (Å²) in [6.45, 7) is 1.87. The highest BCUT2D eigenvalue weighted by Gasteiger charge is 2.17. The predicted molar refractivity (Wildman–Crippen MR) is 40.0 cm³/mol. The summed E-state index contributed by atoms with van der Waals surface area (Å²) in [4.78, 5) is 12.3. The zero-order chi connectivity index (χ0) is 8.15. The molecule has 0 aliphatic rings. The molecule has 0 heterocycles. The van der Waals surface area contributed by atoms with Gasteiger partial charge in [0.25, 0.3) is 0 Å². The second-order valence-electron chi connectivity index (χ2n) is 2.53. The van der Waals surface area contributed by atoms with E-state index in [0.717, 1.165) is 6.29 Å². The summed E-state index contributed by atoms with van der Waals surface area (Å²) in [6.07, 6.45) is 0.862. The van der Waals surface area contributed by atoms with Crippen molar-refractivity contribution in [2.24, 2.45) is 0 Å². The van der Waals surface area contributed by atoms with Gasteiger partial charge in [-0.15, -0.1) is 0 Å². The van der Waals surface area contributed by atoms with Crippen molar-refractivity contribution < 1.29 is 9.53 Å². The summed E-state index contributed by atoms with van der Waals surface area (Å²) in [6, 6.07) is -0.134. The summed E-state index contributed by atoms with van der Waals surface area (Å²) in [5.41, 5.74) is 0. The smallest absolute Gasteiger partial charge is 0.139 e. The fourth-order valence-electron chi connectivity index (χ4n) is 0.792. The van der Waals surface area contributed by atoms with Crippen LogP contribution in [0.25, 0.3) is 0 Å². The molecule has 0 saturated carbocycles. The first-order valence-corrected chi connectivity index (χ1v) is 3.28. The molecule has 0 N–H and O–H groups in total. The third-order valence-corrected chi connectivity index (χ3v) is 1.59. The molecule has 0 aliphatic carbocycles. The van der Waals surface area contributed by atoms with Gasteiger partial charge in [-0.1, -0.05) is 0 Å². The van der Waals surface area contributed by atoms with Gasteiger partial charge in [0.1, 0.15) is 6.29 Å². The van der Waals surface area contributed by atoms with Crippen LogP contribution in [-0.2, 0) is 9.53 Å². The SMILES string of the molecule is CO[C@H](C)[C@@H](C=O)N(C)C. The van der Waals surface area contributed by atoms with Crippen LogP contribution in [0.15, 0.2) is 0 Å². The van der Waals surface area contributed by atoms with Crippen LogP contribution in [0.1, 0.15) is 6.92 Å². The summed E-state index contributed by atoms with van der Waals surface area (Å²) >= 11 is 0. The molecule has 0 aromatic heterocycles. The van der Waals surface area contributed by atoms with Crippen molar-refractivity contribution in [1.29, 1.82) is 0 Å². The Morgan fingerprint density at radius 1 is 1.50 bits per heavy atom. The van der Waals surface area contributed by atoms with E-state index in [0.29, 0.717) is 0 Å². The topological polar surface area (TPSA) is 29.5 Å². The number of ether oxygens (including phenoxy) is 1. The Kier molecular flexibility index (Phi) is 4.23. The molecule has 0 fully saturated rings. The molecular weight excluding hydrogens is 130 g/mol. The van der Waals surface area contributed by atoms with Crippen molar-refractivity contribution in [3.05, 3.63) is 0 Å². The molecule has 0 aliphatic heterocycles. The number of carbonyl (C=O) groups is 1. The van der Waals surface area contributed by atoms with Gasteiger partial charge < -0.3 is 9.53 Å². The molecule has 10 heavy (non-hydrogen) atoms. The Balaban J connectivity index is 3.92. The molecule has 0 aromatic rings. The van der Waals surface area contributed by atoms with E-state index in [2.05, 4.69) is 0 Å². The fourth-order valence-corrected chi connectivity index (χ4v) is 0.792. The lowest BCUT2D eigenvalue weighted by Crippen LogP contribution is -2.39. The van der Waals surface area contributed by atoms with E-state index in [1.807, 2.05) is 25.9 Å². The standard InChI is InChI=1S/C7H15NO2/c1-6(10-4)7(5-9)8(2)3/h5-7H,1-4H3/t6-,7-/m1/s1. The molecule has 3 heteroatoms. The molecule has 2 atom stereocenters. The molecule has 0 amide bonds. The van der Waals surface area contributed by atoms with Crippen LogP contribution in [0, 0.1) is 0 Å². The van der Waals surface area contributed by atoms with Crippen LogP contribution in [0.3, 0.4) is 0 Å².